The van der Waals surface area contributed by atoms with Crippen molar-refractivity contribution in [3.8, 4) is 0 Å². The highest BCUT2D eigenvalue weighted by Crippen LogP contribution is 2.36. The molecule has 0 amide bonds. The Labute approximate surface area is 122 Å². The summed E-state index contributed by atoms with van der Waals surface area (Å²) in [5.74, 6) is 0.521. The third-order valence-corrected chi connectivity index (χ3v) is 10.4. The third kappa shape index (κ3) is 7.26. The van der Waals surface area contributed by atoms with Crippen LogP contribution in [0.3, 0.4) is 0 Å². The molecule has 0 unspecified atom stereocenters. The molecule has 0 aromatic heterocycles. The van der Waals surface area contributed by atoms with Gasteiger partial charge in [-0.2, -0.15) is 0 Å². The van der Waals surface area contributed by atoms with Crippen molar-refractivity contribution in [1.82, 2.24) is 0 Å². The van der Waals surface area contributed by atoms with Crippen LogP contribution in [0, 0.1) is 0 Å². The number of rotatable bonds is 8. The molecule has 18 heavy (non-hydrogen) atoms. The fourth-order valence-corrected chi connectivity index (χ4v) is 4.28. The van der Waals surface area contributed by atoms with Crippen molar-refractivity contribution in [1.29, 1.82) is 0 Å². The maximum absolute atomic E-state index is 11.6. The van der Waals surface area contributed by atoms with Gasteiger partial charge in [-0.25, -0.2) is 8.42 Å². The monoisotopic (exact) mass is 358 g/mol. The van der Waals surface area contributed by atoms with Crippen LogP contribution in [0.15, 0.2) is 0 Å². The van der Waals surface area contributed by atoms with E-state index in [1.165, 1.54) is 0 Å². The quantitative estimate of drug-likeness (QED) is 0.378. The van der Waals surface area contributed by atoms with E-state index in [0.717, 1.165) is 5.33 Å². The normalized spacial score (nSPS) is 13.9. The van der Waals surface area contributed by atoms with E-state index < -0.39 is 18.2 Å². The highest BCUT2D eigenvalue weighted by Gasteiger charge is 2.36. The molecule has 0 aliphatic heterocycles. The number of halogens is 1. The highest BCUT2D eigenvalue weighted by atomic mass is 79.9. The van der Waals surface area contributed by atoms with E-state index in [1.807, 2.05) is 0 Å². The topological polar surface area (TPSA) is 43.4 Å². The van der Waals surface area contributed by atoms with Crippen molar-refractivity contribution < 1.29 is 12.8 Å². The average Bonchev–Trinajstić information content (AvgIpc) is 2.20. The Balaban J connectivity index is 4.01. The molecule has 0 bridgehead atoms. The molecule has 0 heterocycles. The molecular weight excluding hydrogens is 332 g/mol. The Morgan fingerprint density at radius 1 is 1.11 bits per heavy atom. The maximum atomic E-state index is 11.6. The first-order chi connectivity index (χ1) is 8.02. The van der Waals surface area contributed by atoms with Crippen LogP contribution in [-0.4, -0.2) is 40.2 Å². The molecule has 0 radical (unpaired) electrons. The first kappa shape index (κ1) is 18.6. The molecule has 0 fully saturated rings. The van der Waals surface area contributed by atoms with Gasteiger partial charge in [0.25, 0.3) is 0 Å². The van der Waals surface area contributed by atoms with Gasteiger partial charge in [-0.15, -0.1) is 0 Å². The molecule has 0 N–H and O–H groups in total. The fraction of sp³-hybridized carbons (Fsp3) is 1.00. The zero-order valence-electron chi connectivity index (χ0n) is 12.3. The summed E-state index contributed by atoms with van der Waals surface area (Å²) in [6.07, 6.45) is 1.29. The van der Waals surface area contributed by atoms with Crippen molar-refractivity contribution in [3.63, 3.8) is 0 Å². The summed E-state index contributed by atoms with van der Waals surface area (Å²) >= 11 is 3.25. The Bertz CT molecular complexity index is 334. The highest BCUT2D eigenvalue weighted by molar-refractivity contribution is 9.09. The van der Waals surface area contributed by atoms with E-state index in [4.69, 9.17) is 4.43 Å². The second kappa shape index (κ2) is 7.41. The van der Waals surface area contributed by atoms with Crippen LogP contribution in [0.1, 0.15) is 33.6 Å². The molecule has 110 valence electrons. The molecule has 0 aromatic carbocycles. The molecule has 0 rings (SSSR count). The number of hydrogen-bond donors (Lipinski definition) is 0. The van der Waals surface area contributed by atoms with E-state index >= 15 is 0 Å². The Kier molecular flexibility index (Phi) is 7.66. The second-order valence-corrected chi connectivity index (χ2v) is 14.1. The van der Waals surface area contributed by atoms with Gasteiger partial charge in [-0.05, 0) is 31.0 Å². The summed E-state index contributed by atoms with van der Waals surface area (Å²) < 4.78 is 29.3. The summed E-state index contributed by atoms with van der Waals surface area (Å²) in [6.45, 7) is 11.5. The van der Waals surface area contributed by atoms with Crippen molar-refractivity contribution in [3.05, 3.63) is 0 Å². The van der Waals surface area contributed by atoms with Crippen molar-refractivity contribution in [2.45, 2.75) is 51.7 Å². The Morgan fingerprint density at radius 2 is 1.61 bits per heavy atom. The minimum absolute atomic E-state index is 0.182. The van der Waals surface area contributed by atoms with Crippen LogP contribution in [0.2, 0.25) is 18.1 Å². The van der Waals surface area contributed by atoms with E-state index in [0.29, 0.717) is 19.4 Å². The smallest absolute Gasteiger partial charge is 0.191 e. The first-order valence-corrected chi connectivity index (χ1v) is 12.3. The lowest BCUT2D eigenvalue weighted by Crippen LogP contribution is -2.41. The minimum atomic E-state index is -2.89. The minimum Gasteiger partial charge on any atom is -0.417 e. The largest absolute Gasteiger partial charge is 0.417 e. The summed E-state index contributed by atoms with van der Waals surface area (Å²) in [6, 6.07) is 0. The maximum Gasteiger partial charge on any atom is 0.191 e. The van der Waals surface area contributed by atoms with Gasteiger partial charge >= 0.3 is 0 Å². The lowest BCUT2D eigenvalue weighted by Gasteiger charge is -2.36. The molecule has 0 aliphatic carbocycles. The van der Waals surface area contributed by atoms with Crippen LogP contribution in [0.5, 0.6) is 0 Å². The molecule has 0 aliphatic rings. The molecule has 0 saturated carbocycles. The number of sulfone groups is 1. The van der Waals surface area contributed by atoms with E-state index in [2.05, 4.69) is 49.8 Å². The number of hydrogen-bond acceptors (Lipinski definition) is 3. The van der Waals surface area contributed by atoms with Crippen molar-refractivity contribution >= 4 is 34.1 Å². The Hall–Kier alpha value is 0.607. The summed E-state index contributed by atoms with van der Waals surface area (Å²) in [5, 5.41) is 0.925. The second-order valence-electron chi connectivity index (χ2n) is 6.16. The lowest BCUT2D eigenvalue weighted by molar-refractivity contribution is 0.288. The number of alkyl halides is 1. The molecule has 0 saturated heterocycles. The van der Waals surface area contributed by atoms with Crippen molar-refractivity contribution in [2.75, 3.05) is 23.4 Å². The summed E-state index contributed by atoms with van der Waals surface area (Å²) in [7, 11) is -4.62. The standard InChI is InChI=1S/C12H27BrO3SSi/c1-12(2,3)18(4,5)16-9-7-11-17(14,15)10-6-8-13/h6-11H2,1-5H3. The van der Waals surface area contributed by atoms with Gasteiger partial charge in [0.15, 0.2) is 8.32 Å². The average molecular weight is 359 g/mol. The van der Waals surface area contributed by atoms with Crippen LogP contribution in [-0.2, 0) is 14.3 Å². The van der Waals surface area contributed by atoms with Gasteiger partial charge in [-0.3, -0.25) is 0 Å². The van der Waals surface area contributed by atoms with Gasteiger partial charge in [0.1, 0.15) is 9.84 Å². The summed E-state index contributed by atoms with van der Waals surface area (Å²) in [5.41, 5.74) is 0. The van der Waals surface area contributed by atoms with Crippen LogP contribution in [0.25, 0.3) is 0 Å². The van der Waals surface area contributed by atoms with Crippen LogP contribution in [0.4, 0.5) is 0 Å². The van der Waals surface area contributed by atoms with Gasteiger partial charge in [-0.1, -0.05) is 36.7 Å². The molecule has 6 heteroatoms. The van der Waals surface area contributed by atoms with Gasteiger partial charge < -0.3 is 4.43 Å². The Morgan fingerprint density at radius 3 is 2.06 bits per heavy atom. The molecule has 0 aromatic rings. The van der Waals surface area contributed by atoms with Crippen LogP contribution >= 0.6 is 15.9 Å². The molecular formula is C12H27BrO3SSi. The van der Waals surface area contributed by atoms with Gasteiger partial charge in [0.05, 0.1) is 11.5 Å². The van der Waals surface area contributed by atoms with E-state index in [-0.39, 0.29) is 16.5 Å². The lowest BCUT2D eigenvalue weighted by atomic mass is 10.2. The molecule has 0 spiro atoms. The predicted molar refractivity (Wildman–Crippen MR) is 84.8 cm³/mol. The van der Waals surface area contributed by atoms with E-state index in [9.17, 15) is 8.42 Å². The van der Waals surface area contributed by atoms with E-state index in [1.54, 1.807) is 0 Å². The third-order valence-electron chi connectivity index (χ3n) is 3.46. The zero-order valence-corrected chi connectivity index (χ0v) is 15.7. The zero-order chi connectivity index (χ0) is 14.4. The van der Waals surface area contributed by atoms with Crippen LogP contribution < -0.4 is 0 Å². The fourth-order valence-electron chi connectivity index (χ4n) is 1.20. The first-order valence-electron chi connectivity index (χ1n) is 6.42. The molecule has 0 atom stereocenters. The van der Waals surface area contributed by atoms with Crippen molar-refractivity contribution in [2.24, 2.45) is 0 Å². The SMILES string of the molecule is CC(C)(C)[Si](C)(C)OCCCS(=O)(=O)CCCBr. The predicted octanol–water partition coefficient (Wildman–Crippen LogP) is 3.60. The molecule has 3 nitrogen and oxygen atoms in total. The summed E-state index contributed by atoms with van der Waals surface area (Å²) in [4.78, 5) is 0. The van der Waals surface area contributed by atoms with Gasteiger partial charge in [0, 0.05) is 11.9 Å². The van der Waals surface area contributed by atoms with Gasteiger partial charge in [0.2, 0.25) is 0 Å².